The Bertz CT molecular complexity index is 1270. The zero-order valence-electron chi connectivity index (χ0n) is 13.9. The number of fused-ring (bicyclic) bond motifs is 1. The highest BCUT2D eigenvalue weighted by molar-refractivity contribution is 9.10. The Hall–Kier alpha value is -3.04. The minimum atomic E-state index is -0.569. The summed E-state index contributed by atoms with van der Waals surface area (Å²) < 4.78 is 16.2. The second kappa shape index (κ2) is 7.17. The number of carbonyl (C=O) groups is 1. The van der Waals surface area contributed by atoms with Crippen molar-refractivity contribution in [3.05, 3.63) is 86.2 Å². The zero-order chi connectivity index (χ0) is 19.8. The van der Waals surface area contributed by atoms with E-state index in [0.717, 1.165) is 4.68 Å². The van der Waals surface area contributed by atoms with Gasteiger partial charge in [-0.25, -0.2) is 18.7 Å². The molecule has 28 heavy (non-hydrogen) atoms. The van der Waals surface area contributed by atoms with Crippen molar-refractivity contribution in [3.63, 3.8) is 0 Å². The standard InChI is InChI=1S/C18H10BrClFN5O2/c19-10-1-6-15(20)13(7-10)17(27)24-25-9-22-16-14(18(25)28)8-23-26(16)12-4-2-11(21)3-5-12/h1-9H,(H,24,27). The molecule has 0 fully saturated rings. The summed E-state index contributed by atoms with van der Waals surface area (Å²) in [5.74, 6) is -0.954. The lowest BCUT2D eigenvalue weighted by Crippen LogP contribution is -2.33. The van der Waals surface area contributed by atoms with Crippen molar-refractivity contribution in [3.8, 4) is 5.69 Å². The van der Waals surface area contributed by atoms with Crippen LogP contribution >= 0.6 is 27.5 Å². The number of halogens is 3. The van der Waals surface area contributed by atoms with Crippen LogP contribution in [0, 0.1) is 5.82 Å². The van der Waals surface area contributed by atoms with Gasteiger partial charge in [0.1, 0.15) is 17.5 Å². The van der Waals surface area contributed by atoms with Gasteiger partial charge in [0.25, 0.3) is 11.5 Å². The number of aromatic nitrogens is 4. The van der Waals surface area contributed by atoms with Gasteiger partial charge in [0.2, 0.25) is 0 Å². The van der Waals surface area contributed by atoms with Gasteiger partial charge >= 0.3 is 0 Å². The van der Waals surface area contributed by atoms with Gasteiger partial charge in [-0.15, -0.1) is 0 Å². The second-order valence-electron chi connectivity index (χ2n) is 5.75. The van der Waals surface area contributed by atoms with Crippen LogP contribution in [0.15, 0.2) is 64.3 Å². The van der Waals surface area contributed by atoms with Gasteiger partial charge in [-0.3, -0.25) is 15.0 Å². The number of amides is 1. The summed E-state index contributed by atoms with van der Waals surface area (Å²) in [5, 5.41) is 4.57. The predicted octanol–water partition coefficient (Wildman–Crippen LogP) is 3.52. The Morgan fingerprint density at radius 2 is 1.93 bits per heavy atom. The van der Waals surface area contributed by atoms with E-state index in [1.807, 2.05) is 0 Å². The smallest absolute Gasteiger partial charge is 0.267 e. The molecule has 2 aromatic carbocycles. The third-order valence-corrected chi connectivity index (χ3v) is 4.78. The van der Waals surface area contributed by atoms with Crippen LogP contribution in [0.5, 0.6) is 0 Å². The second-order valence-corrected chi connectivity index (χ2v) is 7.08. The molecule has 1 N–H and O–H groups in total. The van der Waals surface area contributed by atoms with Crippen molar-refractivity contribution >= 4 is 44.5 Å². The van der Waals surface area contributed by atoms with Crippen molar-refractivity contribution in [2.75, 3.05) is 5.43 Å². The number of nitrogens with zero attached hydrogens (tertiary/aromatic N) is 4. The number of carbonyl (C=O) groups excluding carboxylic acids is 1. The molecule has 0 spiro atoms. The Labute approximate surface area is 170 Å². The monoisotopic (exact) mass is 461 g/mol. The van der Waals surface area contributed by atoms with Crippen molar-refractivity contribution < 1.29 is 9.18 Å². The molecular weight excluding hydrogens is 453 g/mol. The van der Waals surface area contributed by atoms with E-state index in [2.05, 4.69) is 31.4 Å². The maximum absolute atomic E-state index is 13.1. The van der Waals surface area contributed by atoms with Gasteiger partial charge in [0.05, 0.1) is 22.5 Å². The average molecular weight is 463 g/mol. The Kier molecular flexibility index (Phi) is 4.70. The van der Waals surface area contributed by atoms with E-state index in [0.29, 0.717) is 10.2 Å². The van der Waals surface area contributed by atoms with E-state index >= 15 is 0 Å². The van der Waals surface area contributed by atoms with E-state index in [4.69, 9.17) is 11.6 Å². The summed E-state index contributed by atoms with van der Waals surface area (Å²) >= 11 is 9.32. The Morgan fingerprint density at radius 3 is 2.68 bits per heavy atom. The van der Waals surface area contributed by atoms with E-state index in [9.17, 15) is 14.0 Å². The first-order valence-corrected chi connectivity index (χ1v) is 9.09. The third-order valence-electron chi connectivity index (χ3n) is 3.95. The minimum Gasteiger partial charge on any atom is -0.267 e. The molecule has 1 amide bonds. The fraction of sp³-hybridized carbons (Fsp3) is 0. The third kappa shape index (κ3) is 3.30. The Balaban J connectivity index is 1.71. The van der Waals surface area contributed by atoms with E-state index < -0.39 is 11.5 Å². The molecule has 0 aliphatic rings. The highest BCUT2D eigenvalue weighted by Crippen LogP contribution is 2.21. The van der Waals surface area contributed by atoms with Crippen LogP contribution in [-0.4, -0.2) is 25.3 Å². The van der Waals surface area contributed by atoms with Gasteiger partial charge in [0, 0.05) is 4.47 Å². The molecule has 0 saturated carbocycles. The molecule has 0 aliphatic carbocycles. The summed E-state index contributed by atoms with van der Waals surface area (Å²) in [6.07, 6.45) is 2.51. The summed E-state index contributed by atoms with van der Waals surface area (Å²) in [4.78, 5) is 29.4. The van der Waals surface area contributed by atoms with Crippen LogP contribution in [0.1, 0.15) is 10.4 Å². The van der Waals surface area contributed by atoms with Crippen molar-refractivity contribution in [1.82, 2.24) is 19.4 Å². The molecule has 0 unspecified atom stereocenters. The molecule has 0 radical (unpaired) electrons. The fourth-order valence-corrected chi connectivity index (χ4v) is 3.17. The maximum atomic E-state index is 13.1. The molecule has 4 rings (SSSR count). The number of rotatable bonds is 3. The predicted molar refractivity (Wildman–Crippen MR) is 106 cm³/mol. The molecule has 4 aromatic rings. The van der Waals surface area contributed by atoms with Crippen LogP contribution in [0.4, 0.5) is 4.39 Å². The average Bonchev–Trinajstić information content (AvgIpc) is 3.11. The largest absolute Gasteiger partial charge is 0.283 e. The topological polar surface area (TPSA) is 81.8 Å². The first-order valence-electron chi connectivity index (χ1n) is 7.92. The molecule has 0 aliphatic heterocycles. The summed E-state index contributed by atoms with van der Waals surface area (Å²) in [7, 11) is 0. The van der Waals surface area contributed by atoms with Crippen molar-refractivity contribution in [2.24, 2.45) is 0 Å². The number of benzene rings is 2. The summed E-state index contributed by atoms with van der Waals surface area (Å²) in [6, 6.07) is 10.4. The number of hydrogen-bond acceptors (Lipinski definition) is 4. The first-order chi connectivity index (χ1) is 13.4. The lowest BCUT2D eigenvalue weighted by atomic mass is 10.2. The zero-order valence-corrected chi connectivity index (χ0v) is 16.3. The lowest BCUT2D eigenvalue weighted by Gasteiger charge is -2.09. The molecule has 0 saturated heterocycles. The van der Waals surface area contributed by atoms with Crippen LogP contribution in [0.3, 0.4) is 0 Å². The van der Waals surface area contributed by atoms with E-state index in [-0.39, 0.29) is 27.4 Å². The highest BCUT2D eigenvalue weighted by atomic mass is 79.9. The molecule has 7 nitrogen and oxygen atoms in total. The highest BCUT2D eigenvalue weighted by Gasteiger charge is 2.15. The van der Waals surface area contributed by atoms with Gasteiger partial charge in [-0.1, -0.05) is 27.5 Å². The molecule has 10 heteroatoms. The van der Waals surface area contributed by atoms with Crippen LogP contribution < -0.4 is 11.0 Å². The van der Waals surface area contributed by atoms with Gasteiger partial charge < -0.3 is 0 Å². The summed E-state index contributed by atoms with van der Waals surface area (Å²) in [5.41, 5.74) is 2.96. The number of hydrogen-bond donors (Lipinski definition) is 1. The Morgan fingerprint density at radius 1 is 1.18 bits per heavy atom. The number of nitrogens with one attached hydrogen (secondary N) is 1. The normalized spacial score (nSPS) is 11.0. The molecule has 0 bridgehead atoms. The van der Waals surface area contributed by atoms with Crippen LogP contribution in [0.25, 0.3) is 16.7 Å². The minimum absolute atomic E-state index is 0.187. The molecular formula is C18H10BrClFN5O2. The first kappa shape index (κ1) is 18.3. The summed E-state index contributed by atoms with van der Waals surface area (Å²) in [6.45, 7) is 0. The van der Waals surface area contributed by atoms with E-state index in [1.54, 1.807) is 18.2 Å². The molecule has 2 aromatic heterocycles. The molecule has 140 valence electrons. The van der Waals surface area contributed by atoms with Gasteiger partial charge in [-0.05, 0) is 42.5 Å². The molecule has 2 heterocycles. The SMILES string of the molecule is O=C(Nn1cnc2c(cnn2-c2ccc(F)cc2)c1=O)c1cc(Br)ccc1Cl. The fourth-order valence-electron chi connectivity index (χ4n) is 2.60. The molecule has 0 atom stereocenters. The quantitative estimate of drug-likeness (QED) is 0.505. The maximum Gasteiger partial charge on any atom is 0.283 e. The van der Waals surface area contributed by atoms with Crippen LogP contribution in [0.2, 0.25) is 5.02 Å². The lowest BCUT2D eigenvalue weighted by molar-refractivity contribution is 0.101. The van der Waals surface area contributed by atoms with Crippen molar-refractivity contribution in [2.45, 2.75) is 0 Å². The van der Waals surface area contributed by atoms with Gasteiger partial charge in [-0.2, -0.15) is 5.10 Å². The van der Waals surface area contributed by atoms with Crippen LogP contribution in [-0.2, 0) is 0 Å². The van der Waals surface area contributed by atoms with E-state index in [1.165, 1.54) is 41.5 Å². The van der Waals surface area contributed by atoms with Gasteiger partial charge in [0.15, 0.2) is 5.65 Å². The van der Waals surface area contributed by atoms with Crippen molar-refractivity contribution in [1.29, 1.82) is 0 Å².